The second-order valence-electron chi connectivity index (χ2n) is 2.19. The summed E-state index contributed by atoms with van der Waals surface area (Å²) in [7, 11) is 0. The highest BCUT2D eigenvalue weighted by atomic mass is 14.0. The maximum absolute atomic E-state index is 3.75. The Morgan fingerprint density at radius 1 is 1.30 bits per heavy atom. The molecule has 0 aliphatic heterocycles. The molecule has 10 heavy (non-hydrogen) atoms. The lowest BCUT2D eigenvalue weighted by molar-refractivity contribution is 0.564. The summed E-state index contributed by atoms with van der Waals surface area (Å²) < 4.78 is 0. The van der Waals surface area contributed by atoms with Crippen molar-refractivity contribution in [2.45, 2.75) is 47.0 Å². The molecule has 0 aromatic carbocycles. The van der Waals surface area contributed by atoms with Crippen molar-refractivity contribution < 1.29 is 0 Å². The Morgan fingerprint density at radius 3 is 1.90 bits per heavy atom. The van der Waals surface area contributed by atoms with E-state index in [1.54, 1.807) is 0 Å². The Morgan fingerprint density at radius 2 is 1.80 bits per heavy atom. The average molecular weight is 142 g/mol. The van der Waals surface area contributed by atoms with E-state index in [1.165, 1.54) is 19.3 Å². The lowest BCUT2D eigenvalue weighted by Crippen LogP contribution is -1.90. The van der Waals surface area contributed by atoms with Crippen LogP contribution in [0.4, 0.5) is 0 Å². The molecule has 0 radical (unpaired) electrons. The summed E-state index contributed by atoms with van der Waals surface area (Å²) in [6.07, 6.45) is 5.89. The molecule has 0 nitrogen and oxygen atoms in total. The molecule has 0 heterocycles. The third-order valence-corrected chi connectivity index (χ3v) is 1.52. The van der Waals surface area contributed by atoms with Gasteiger partial charge in [0, 0.05) is 0 Å². The fraction of sp³-hybridized carbons (Fsp3) is 0.800. The van der Waals surface area contributed by atoms with Crippen LogP contribution < -0.4 is 0 Å². The molecule has 0 saturated heterocycles. The first-order valence-electron chi connectivity index (χ1n) is 4.47. The molecule has 0 N–H and O–H groups in total. The van der Waals surface area contributed by atoms with E-state index in [4.69, 9.17) is 0 Å². The molecule has 62 valence electrons. The lowest BCUT2D eigenvalue weighted by atomic mass is 10.0. The standard InChI is InChI=1S/C8H16.C2H6/c1-4-7-8(5-2)6-3;1-2/h5,8H,2,4,6-7H2,1,3H3;1-2H3. The van der Waals surface area contributed by atoms with Crippen molar-refractivity contribution in [3.63, 3.8) is 0 Å². The van der Waals surface area contributed by atoms with Crippen LogP contribution >= 0.6 is 0 Å². The van der Waals surface area contributed by atoms with Gasteiger partial charge in [0.05, 0.1) is 0 Å². The molecule has 0 aromatic rings. The summed E-state index contributed by atoms with van der Waals surface area (Å²) in [5.41, 5.74) is 0. The first-order valence-corrected chi connectivity index (χ1v) is 4.47. The first-order chi connectivity index (χ1) is 4.85. The summed E-state index contributed by atoms with van der Waals surface area (Å²) in [6, 6.07) is 0. The maximum atomic E-state index is 3.75. The van der Waals surface area contributed by atoms with Crippen LogP contribution in [0.25, 0.3) is 0 Å². The summed E-state index contributed by atoms with van der Waals surface area (Å²) in [5, 5.41) is 0. The van der Waals surface area contributed by atoms with E-state index in [9.17, 15) is 0 Å². The van der Waals surface area contributed by atoms with Crippen molar-refractivity contribution in [1.82, 2.24) is 0 Å². The van der Waals surface area contributed by atoms with E-state index < -0.39 is 0 Å². The Bertz CT molecular complexity index is 55.1. The molecular formula is C10H22. The fourth-order valence-electron chi connectivity index (χ4n) is 0.859. The van der Waals surface area contributed by atoms with E-state index in [0.29, 0.717) is 0 Å². The van der Waals surface area contributed by atoms with Crippen LogP contribution in [0.5, 0.6) is 0 Å². The van der Waals surface area contributed by atoms with Gasteiger partial charge < -0.3 is 0 Å². The van der Waals surface area contributed by atoms with Gasteiger partial charge in [0.15, 0.2) is 0 Å². The second-order valence-corrected chi connectivity index (χ2v) is 2.19. The Hall–Kier alpha value is -0.260. The molecule has 1 atom stereocenters. The molecule has 0 aromatic heterocycles. The largest absolute Gasteiger partial charge is 0.103 e. The number of rotatable bonds is 4. The van der Waals surface area contributed by atoms with Crippen LogP contribution in [0.3, 0.4) is 0 Å². The van der Waals surface area contributed by atoms with Crippen LogP contribution in [0, 0.1) is 5.92 Å². The molecule has 0 aliphatic rings. The van der Waals surface area contributed by atoms with E-state index in [2.05, 4.69) is 26.5 Å². The van der Waals surface area contributed by atoms with Crippen LogP contribution in [-0.4, -0.2) is 0 Å². The van der Waals surface area contributed by atoms with Gasteiger partial charge in [-0.25, -0.2) is 0 Å². The van der Waals surface area contributed by atoms with Gasteiger partial charge in [0.1, 0.15) is 0 Å². The van der Waals surface area contributed by atoms with Gasteiger partial charge >= 0.3 is 0 Å². The highest BCUT2D eigenvalue weighted by Gasteiger charge is 1.95. The second kappa shape index (κ2) is 11.5. The molecule has 0 aliphatic carbocycles. The molecular weight excluding hydrogens is 120 g/mol. The van der Waals surface area contributed by atoms with E-state index in [-0.39, 0.29) is 0 Å². The Balaban J connectivity index is 0. The zero-order valence-electron chi connectivity index (χ0n) is 7.98. The fourth-order valence-corrected chi connectivity index (χ4v) is 0.859. The normalized spacial score (nSPS) is 11.2. The molecule has 0 spiro atoms. The van der Waals surface area contributed by atoms with E-state index >= 15 is 0 Å². The van der Waals surface area contributed by atoms with Crippen molar-refractivity contribution >= 4 is 0 Å². The van der Waals surface area contributed by atoms with Gasteiger partial charge in [0.25, 0.3) is 0 Å². The third-order valence-electron chi connectivity index (χ3n) is 1.52. The quantitative estimate of drug-likeness (QED) is 0.520. The van der Waals surface area contributed by atoms with Gasteiger partial charge in [-0.15, -0.1) is 6.58 Å². The Labute approximate surface area is 66.3 Å². The molecule has 0 bridgehead atoms. The van der Waals surface area contributed by atoms with Crippen molar-refractivity contribution in [1.29, 1.82) is 0 Å². The zero-order chi connectivity index (χ0) is 8.41. The van der Waals surface area contributed by atoms with E-state index in [0.717, 1.165) is 5.92 Å². The van der Waals surface area contributed by atoms with Gasteiger partial charge in [-0.2, -0.15) is 0 Å². The summed E-state index contributed by atoms with van der Waals surface area (Å²) in [6.45, 7) is 12.2. The molecule has 1 unspecified atom stereocenters. The lowest BCUT2D eigenvalue weighted by Gasteiger charge is -2.04. The monoisotopic (exact) mass is 142 g/mol. The van der Waals surface area contributed by atoms with Gasteiger partial charge in [-0.05, 0) is 18.8 Å². The molecule has 0 fully saturated rings. The van der Waals surface area contributed by atoms with Crippen molar-refractivity contribution in [2.24, 2.45) is 5.92 Å². The maximum Gasteiger partial charge on any atom is -0.0239 e. The summed E-state index contributed by atoms with van der Waals surface area (Å²) in [4.78, 5) is 0. The van der Waals surface area contributed by atoms with Gasteiger partial charge in [0.2, 0.25) is 0 Å². The minimum Gasteiger partial charge on any atom is -0.103 e. The summed E-state index contributed by atoms with van der Waals surface area (Å²) >= 11 is 0. The molecule has 0 rings (SSSR count). The molecule has 0 heteroatoms. The minimum absolute atomic E-state index is 0.764. The van der Waals surface area contributed by atoms with Crippen LogP contribution in [0.2, 0.25) is 0 Å². The number of hydrogen-bond acceptors (Lipinski definition) is 0. The topological polar surface area (TPSA) is 0 Å². The highest BCUT2D eigenvalue weighted by molar-refractivity contribution is 4.76. The van der Waals surface area contributed by atoms with Crippen molar-refractivity contribution in [3.05, 3.63) is 12.7 Å². The molecule has 0 saturated carbocycles. The minimum atomic E-state index is 0.764. The van der Waals surface area contributed by atoms with Crippen LogP contribution in [-0.2, 0) is 0 Å². The predicted molar refractivity (Wildman–Crippen MR) is 50.2 cm³/mol. The predicted octanol–water partition coefficient (Wildman–Crippen LogP) is 4.02. The van der Waals surface area contributed by atoms with Crippen LogP contribution in [0.15, 0.2) is 12.7 Å². The Kier molecular flexibility index (Phi) is 14.3. The van der Waals surface area contributed by atoms with Crippen molar-refractivity contribution in [3.8, 4) is 0 Å². The van der Waals surface area contributed by atoms with Gasteiger partial charge in [-0.3, -0.25) is 0 Å². The SMILES string of the molecule is C=CC(CC)CCC.CC. The van der Waals surface area contributed by atoms with E-state index in [1.807, 2.05) is 13.8 Å². The molecule has 0 amide bonds. The van der Waals surface area contributed by atoms with Crippen LogP contribution in [0.1, 0.15) is 47.0 Å². The highest BCUT2D eigenvalue weighted by Crippen LogP contribution is 2.10. The number of allylic oxidation sites excluding steroid dienone is 1. The van der Waals surface area contributed by atoms with Gasteiger partial charge in [-0.1, -0.05) is 40.2 Å². The summed E-state index contributed by atoms with van der Waals surface area (Å²) in [5.74, 6) is 0.764. The first kappa shape index (κ1) is 12.4. The van der Waals surface area contributed by atoms with Crippen molar-refractivity contribution in [2.75, 3.05) is 0 Å². The zero-order valence-corrected chi connectivity index (χ0v) is 7.98. The average Bonchev–Trinajstić information content (AvgIpc) is 2.04. The smallest absolute Gasteiger partial charge is 0.0239 e. The third kappa shape index (κ3) is 7.74. The number of hydrogen-bond donors (Lipinski definition) is 0.